The van der Waals surface area contributed by atoms with Crippen LogP contribution in [0.4, 0.5) is 0 Å². The van der Waals surface area contributed by atoms with Gasteiger partial charge in [0.1, 0.15) is 5.69 Å². The van der Waals surface area contributed by atoms with Crippen molar-refractivity contribution in [2.75, 3.05) is 13.1 Å². The predicted octanol–water partition coefficient (Wildman–Crippen LogP) is 1.14. The fraction of sp³-hybridized carbons (Fsp3) is 0.500. The highest BCUT2D eigenvalue weighted by Crippen LogP contribution is 2.21. The van der Waals surface area contributed by atoms with E-state index in [4.69, 9.17) is 0 Å². The lowest BCUT2D eigenvalue weighted by Crippen LogP contribution is -2.40. The van der Waals surface area contributed by atoms with Gasteiger partial charge in [-0.3, -0.25) is 14.3 Å². The first-order valence-electron chi connectivity index (χ1n) is 7.89. The predicted molar refractivity (Wildman–Crippen MR) is 85.2 cm³/mol. The van der Waals surface area contributed by atoms with Gasteiger partial charge < -0.3 is 4.90 Å². The lowest BCUT2D eigenvalue weighted by atomic mass is 9.96. The molecule has 3 rings (SSSR count). The summed E-state index contributed by atoms with van der Waals surface area (Å²) < 4.78 is 2.06. The van der Waals surface area contributed by atoms with Gasteiger partial charge in [0.25, 0.3) is 11.5 Å². The number of amides is 1. The minimum atomic E-state index is -0.301. The molecule has 0 bridgehead atoms. The van der Waals surface area contributed by atoms with Gasteiger partial charge in [-0.25, -0.2) is 5.10 Å². The lowest BCUT2D eigenvalue weighted by molar-refractivity contribution is 0.0673. The summed E-state index contributed by atoms with van der Waals surface area (Å²) in [7, 11) is 0. The third kappa shape index (κ3) is 3.49. The molecule has 1 saturated heterocycles. The maximum atomic E-state index is 12.4. The number of carbonyl (C=O) groups excluding carboxylic acids is 1. The van der Waals surface area contributed by atoms with Crippen molar-refractivity contribution in [3.63, 3.8) is 0 Å². The number of nitrogens with one attached hydrogen (secondary N) is 1. The summed E-state index contributed by atoms with van der Waals surface area (Å²) in [5, 5.41) is 10.6. The van der Waals surface area contributed by atoms with E-state index < -0.39 is 0 Å². The third-order valence-corrected chi connectivity index (χ3v) is 4.33. The van der Waals surface area contributed by atoms with Crippen LogP contribution in [0.3, 0.4) is 0 Å². The first kappa shape index (κ1) is 15.5. The van der Waals surface area contributed by atoms with Gasteiger partial charge >= 0.3 is 0 Å². The summed E-state index contributed by atoms with van der Waals surface area (Å²) in [6, 6.07) is 4.89. The summed E-state index contributed by atoms with van der Waals surface area (Å²) in [5.74, 6) is 0.409. The molecule has 2 aromatic rings. The number of aryl methyl sites for hydroxylation is 2. The Bertz CT molecular complexity index is 736. The molecule has 0 aliphatic carbocycles. The van der Waals surface area contributed by atoms with Crippen LogP contribution in [0.25, 0.3) is 0 Å². The van der Waals surface area contributed by atoms with Gasteiger partial charge in [0.2, 0.25) is 0 Å². The quantitative estimate of drug-likeness (QED) is 0.920. The molecule has 1 N–H and O–H groups in total. The van der Waals surface area contributed by atoms with E-state index in [-0.39, 0.29) is 11.5 Å². The van der Waals surface area contributed by atoms with Gasteiger partial charge in [0, 0.05) is 31.4 Å². The van der Waals surface area contributed by atoms with E-state index >= 15 is 0 Å². The molecule has 0 atom stereocenters. The molecule has 3 heterocycles. The van der Waals surface area contributed by atoms with E-state index in [0.29, 0.717) is 24.7 Å². The largest absolute Gasteiger partial charge is 0.337 e. The number of carbonyl (C=O) groups is 1. The van der Waals surface area contributed by atoms with Crippen LogP contribution in [0.2, 0.25) is 0 Å². The minimum absolute atomic E-state index is 0.120. The smallest absolute Gasteiger partial charge is 0.274 e. The Kier molecular flexibility index (Phi) is 4.27. The Balaban J connectivity index is 1.57. The highest BCUT2D eigenvalue weighted by Gasteiger charge is 2.25. The number of aromatic nitrogens is 4. The Labute approximate surface area is 134 Å². The number of rotatable bonds is 3. The minimum Gasteiger partial charge on any atom is -0.337 e. The van der Waals surface area contributed by atoms with Gasteiger partial charge in [0.15, 0.2) is 0 Å². The highest BCUT2D eigenvalue weighted by atomic mass is 16.2. The van der Waals surface area contributed by atoms with Crippen LogP contribution in [0.15, 0.2) is 23.0 Å². The normalized spacial score (nSPS) is 15.8. The monoisotopic (exact) mass is 315 g/mol. The molecule has 1 aliphatic rings. The average Bonchev–Trinajstić information content (AvgIpc) is 2.86. The zero-order chi connectivity index (χ0) is 16.4. The van der Waals surface area contributed by atoms with Crippen molar-refractivity contribution >= 4 is 5.91 Å². The topological polar surface area (TPSA) is 83.9 Å². The van der Waals surface area contributed by atoms with Crippen LogP contribution in [0.5, 0.6) is 0 Å². The Morgan fingerprint density at radius 1 is 1.30 bits per heavy atom. The van der Waals surface area contributed by atoms with E-state index in [9.17, 15) is 9.59 Å². The number of H-pyrrole nitrogens is 1. The van der Waals surface area contributed by atoms with E-state index in [2.05, 4.69) is 33.0 Å². The van der Waals surface area contributed by atoms with E-state index in [1.54, 1.807) is 4.90 Å². The Hall–Kier alpha value is -2.44. The van der Waals surface area contributed by atoms with Gasteiger partial charge in [-0.2, -0.15) is 10.2 Å². The fourth-order valence-corrected chi connectivity index (χ4v) is 3.05. The second kappa shape index (κ2) is 6.36. The molecule has 0 unspecified atom stereocenters. The van der Waals surface area contributed by atoms with Gasteiger partial charge in [-0.15, -0.1) is 0 Å². The molecule has 122 valence electrons. The van der Waals surface area contributed by atoms with E-state index in [1.165, 1.54) is 17.8 Å². The summed E-state index contributed by atoms with van der Waals surface area (Å²) in [5.41, 5.74) is 2.21. The fourth-order valence-electron chi connectivity index (χ4n) is 3.05. The van der Waals surface area contributed by atoms with Gasteiger partial charge in [0.05, 0.1) is 5.69 Å². The van der Waals surface area contributed by atoms with Crippen molar-refractivity contribution in [2.45, 2.75) is 33.2 Å². The van der Waals surface area contributed by atoms with Crippen molar-refractivity contribution in [3.05, 3.63) is 45.6 Å². The van der Waals surface area contributed by atoms with Crippen LogP contribution in [-0.4, -0.2) is 43.9 Å². The molecular formula is C16H21N5O2. The standard InChI is InChI=1S/C16H21N5O2/c1-11-9-12(2)21(19-11)10-13-5-7-20(8-6-13)16(23)14-3-4-15(22)18-17-14/h3-4,9,13H,5-8,10H2,1-2H3,(H,18,22). The first-order chi connectivity index (χ1) is 11.0. The van der Waals surface area contributed by atoms with Crippen molar-refractivity contribution in [1.82, 2.24) is 24.9 Å². The number of nitrogens with zero attached hydrogens (tertiary/aromatic N) is 4. The van der Waals surface area contributed by atoms with Crippen molar-refractivity contribution in [3.8, 4) is 0 Å². The molecule has 0 radical (unpaired) electrons. The summed E-state index contributed by atoms with van der Waals surface area (Å²) >= 11 is 0. The molecule has 7 heteroatoms. The summed E-state index contributed by atoms with van der Waals surface area (Å²) in [4.78, 5) is 25.2. The highest BCUT2D eigenvalue weighted by molar-refractivity contribution is 5.92. The number of hydrogen-bond donors (Lipinski definition) is 1. The van der Waals surface area contributed by atoms with E-state index in [1.807, 2.05) is 6.92 Å². The molecule has 0 aromatic carbocycles. The SMILES string of the molecule is Cc1cc(C)n(CC2CCN(C(=O)c3ccc(=O)[nH]n3)CC2)n1. The van der Waals surface area contributed by atoms with Gasteiger partial charge in [-0.1, -0.05) is 0 Å². The number of hydrogen-bond acceptors (Lipinski definition) is 4. The molecule has 2 aromatic heterocycles. The molecular weight excluding hydrogens is 294 g/mol. The Morgan fingerprint density at radius 3 is 2.61 bits per heavy atom. The molecule has 1 fully saturated rings. The van der Waals surface area contributed by atoms with Crippen LogP contribution in [0.1, 0.15) is 34.7 Å². The Morgan fingerprint density at radius 2 is 2.04 bits per heavy atom. The second-order valence-corrected chi connectivity index (χ2v) is 6.15. The van der Waals surface area contributed by atoms with Crippen molar-refractivity contribution in [1.29, 1.82) is 0 Å². The molecule has 1 amide bonds. The summed E-state index contributed by atoms with van der Waals surface area (Å²) in [6.45, 7) is 6.40. The van der Waals surface area contributed by atoms with Crippen LogP contribution < -0.4 is 5.56 Å². The van der Waals surface area contributed by atoms with Crippen LogP contribution in [-0.2, 0) is 6.54 Å². The second-order valence-electron chi connectivity index (χ2n) is 6.15. The zero-order valence-electron chi connectivity index (χ0n) is 13.5. The van der Waals surface area contributed by atoms with Crippen LogP contribution >= 0.6 is 0 Å². The maximum absolute atomic E-state index is 12.4. The molecule has 1 aliphatic heterocycles. The number of likely N-dealkylation sites (tertiary alicyclic amines) is 1. The summed E-state index contributed by atoms with van der Waals surface area (Å²) in [6.07, 6.45) is 1.90. The zero-order valence-corrected chi connectivity index (χ0v) is 13.5. The molecule has 0 spiro atoms. The number of aromatic amines is 1. The molecule has 23 heavy (non-hydrogen) atoms. The average molecular weight is 315 g/mol. The first-order valence-corrected chi connectivity index (χ1v) is 7.89. The molecule has 0 saturated carbocycles. The number of piperidine rings is 1. The maximum Gasteiger partial charge on any atom is 0.274 e. The van der Waals surface area contributed by atoms with Crippen molar-refractivity contribution < 1.29 is 4.79 Å². The third-order valence-electron chi connectivity index (χ3n) is 4.33. The lowest BCUT2D eigenvalue weighted by Gasteiger charge is -2.31. The molecule has 7 nitrogen and oxygen atoms in total. The van der Waals surface area contributed by atoms with Gasteiger partial charge in [-0.05, 0) is 44.7 Å². The van der Waals surface area contributed by atoms with E-state index in [0.717, 1.165) is 25.1 Å². The van der Waals surface area contributed by atoms with Crippen molar-refractivity contribution in [2.24, 2.45) is 5.92 Å². The van der Waals surface area contributed by atoms with Crippen LogP contribution in [0, 0.1) is 19.8 Å².